The third-order valence-electron chi connectivity index (χ3n) is 8.96. The van der Waals surface area contributed by atoms with Crippen molar-refractivity contribution in [2.75, 3.05) is 7.11 Å². The van der Waals surface area contributed by atoms with Crippen molar-refractivity contribution in [3.63, 3.8) is 0 Å². The van der Waals surface area contributed by atoms with Crippen LogP contribution in [0.2, 0.25) is 0 Å². The van der Waals surface area contributed by atoms with Gasteiger partial charge >= 0.3 is 12.4 Å². The van der Waals surface area contributed by atoms with Gasteiger partial charge in [0.05, 0.1) is 35.1 Å². The molecular weight excluding hydrogens is 666 g/mol. The molecule has 5 nitrogen and oxygen atoms in total. The Morgan fingerprint density at radius 1 is 0.431 bits per heavy atom. The van der Waals surface area contributed by atoms with Gasteiger partial charge in [0.15, 0.2) is 0 Å². The van der Waals surface area contributed by atoms with Gasteiger partial charge in [-0.05, 0) is 102 Å². The first-order chi connectivity index (χ1) is 24.5. The molecule has 5 heterocycles. The lowest BCUT2D eigenvalue weighted by molar-refractivity contribution is -0.138. The number of hydrogen-bond donors (Lipinski definition) is 3. The summed E-state index contributed by atoms with van der Waals surface area (Å²) in [7, 11) is 1.58. The number of nitrogens with zero attached hydrogens (tertiary/aromatic N) is 1. The number of methoxy groups -OCH3 is 1. The van der Waals surface area contributed by atoms with Crippen LogP contribution in [0.1, 0.15) is 22.5 Å². The third-order valence-corrected chi connectivity index (χ3v) is 8.96. The van der Waals surface area contributed by atoms with Crippen LogP contribution >= 0.6 is 0 Å². The number of halogens is 6. The molecule has 3 aromatic carbocycles. The highest BCUT2D eigenvalue weighted by Gasteiger charge is 2.31. The van der Waals surface area contributed by atoms with Gasteiger partial charge in [-0.3, -0.25) is 0 Å². The van der Waals surface area contributed by atoms with Crippen molar-refractivity contribution in [3.05, 3.63) is 132 Å². The van der Waals surface area contributed by atoms with E-state index in [1.807, 2.05) is 66.7 Å². The van der Waals surface area contributed by atoms with Crippen LogP contribution in [-0.4, -0.2) is 27.0 Å². The van der Waals surface area contributed by atoms with Crippen molar-refractivity contribution in [2.45, 2.75) is 12.4 Å². The van der Waals surface area contributed by atoms with E-state index in [0.717, 1.165) is 35.4 Å². The van der Waals surface area contributed by atoms with Gasteiger partial charge in [-0.1, -0.05) is 36.4 Å². The van der Waals surface area contributed by atoms with Crippen molar-refractivity contribution >= 4 is 45.3 Å². The molecule has 0 unspecified atom stereocenters. The highest BCUT2D eigenvalue weighted by atomic mass is 19.4. The van der Waals surface area contributed by atoms with Crippen molar-refractivity contribution in [2.24, 2.45) is 0 Å². The lowest BCUT2D eigenvalue weighted by atomic mass is 10.0. The molecule has 11 heteroatoms. The molecule has 51 heavy (non-hydrogen) atoms. The first-order valence-corrected chi connectivity index (χ1v) is 15.8. The van der Waals surface area contributed by atoms with E-state index in [1.54, 1.807) is 13.2 Å². The fourth-order valence-electron chi connectivity index (χ4n) is 6.48. The fraction of sp³-hybridized carbons (Fsp3) is 0.0750. The van der Waals surface area contributed by atoms with Gasteiger partial charge in [-0.25, -0.2) is 4.98 Å². The molecule has 0 saturated heterocycles. The van der Waals surface area contributed by atoms with Gasteiger partial charge in [0.1, 0.15) is 5.75 Å². The summed E-state index contributed by atoms with van der Waals surface area (Å²) in [4.78, 5) is 15.3. The minimum absolute atomic E-state index is 0.531. The zero-order valence-corrected chi connectivity index (χ0v) is 26.7. The predicted octanol–water partition coefficient (Wildman–Crippen LogP) is 11.7. The minimum Gasteiger partial charge on any atom is -0.497 e. The minimum atomic E-state index is -4.49. The molecule has 8 bridgehead atoms. The molecule has 1 aliphatic heterocycles. The summed E-state index contributed by atoms with van der Waals surface area (Å²) in [5.74, 6) is 0.660. The van der Waals surface area contributed by atoms with Crippen molar-refractivity contribution in [3.8, 4) is 39.1 Å². The van der Waals surface area contributed by atoms with Gasteiger partial charge in [-0.15, -0.1) is 0 Å². The lowest BCUT2D eigenvalue weighted by Crippen LogP contribution is -2.04. The number of ether oxygens (including phenoxy) is 1. The predicted molar refractivity (Wildman–Crippen MR) is 188 cm³/mol. The first kappa shape index (κ1) is 32.0. The average molecular weight is 693 g/mol. The van der Waals surface area contributed by atoms with Crippen LogP contribution in [0.5, 0.6) is 5.75 Å². The Kier molecular flexibility index (Phi) is 7.51. The number of aromatic nitrogens is 4. The lowest BCUT2D eigenvalue weighted by Gasteiger charge is -2.09. The number of H-pyrrole nitrogens is 3. The Balaban J connectivity index is 1.48. The van der Waals surface area contributed by atoms with Gasteiger partial charge in [0.2, 0.25) is 0 Å². The molecule has 0 radical (unpaired) electrons. The monoisotopic (exact) mass is 692 g/mol. The quantitative estimate of drug-likeness (QED) is 0.161. The standard InChI is InChI=1S/C40H26F6N4O/c1-51-27-12-6-24(7-13-27)38-34-20-18-32(49-34)36(22-2-8-25(9-3-22)39(41,42)43)30-16-14-28(47-30)29-15-17-31(48-29)37(33-19-21-35(38)50-33)23-4-10-26(11-5-23)40(44,45)46/h2-21,47,49-50H,1H3. The van der Waals surface area contributed by atoms with Gasteiger partial charge in [0.25, 0.3) is 0 Å². The number of aromatic amines is 3. The molecule has 3 N–H and O–H groups in total. The van der Waals surface area contributed by atoms with Crippen LogP contribution < -0.4 is 4.74 Å². The zero-order chi connectivity index (χ0) is 35.5. The third kappa shape index (κ3) is 5.90. The number of alkyl halides is 6. The van der Waals surface area contributed by atoms with E-state index in [0.29, 0.717) is 72.5 Å². The fourth-order valence-corrected chi connectivity index (χ4v) is 6.48. The number of fused-ring (bicyclic) bond motifs is 9. The van der Waals surface area contributed by atoms with E-state index in [4.69, 9.17) is 9.72 Å². The summed E-state index contributed by atoms with van der Waals surface area (Å²) in [5, 5.41) is 0. The topological polar surface area (TPSA) is 69.5 Å². The van der Waals surface area contributed by atoms with Crippen LogP contribution in [0, 0.1) is 0 Å². The van der Waals surface area contributed by atoms with Crippen LogP contribution in [0.4, 0.5) is 26.3 Å². The molecular formula is C40H26F6N4O. The summed E-state index contributed by atoms with van der Waals surface area (Å²) in [5.41, 5.74) is 7.48. The van der Waals surface area contributed by atoms with Gasteiger partial charge < -0.3 is 19.7 Å². The van der Waals surface area contributed by atoms with Crippen LogP contribution in [-0.2, 0) is 12.4 Å². The number of nitrogens with one attached hydrogen (secondary N) is 3. The highest BCUT2D eigenvalue weighted by Crippen LogP contribution is 2.38. The summed E-state index contributed by atoms with van der Waals surface area (Å²) < 4.78 is 86.5. The summed E-state index contributed by atoms with van der Waals surface area (Å²) in [6.07, 6.45) is -5.36. The largest absolute Gasteiger partial charge is 0.497 e. The molecule has 0 amide bonds. The highest BCUT2D eigenvalue weighted by molar-refractivity contribution is 6.00. The van der Waals surface area contributed by atoms with E-state index in [2.05, 4.69) is 15.0 Å². The summed E-state index contributed by atoms with van der Waals surface area (Å²) in [6.45, 7) is 0. The second-order valence-corrected chi connectivity index (χ2v) is 12.1. The van der Waals surface area contributed by atoms with E-state index in [9.17, 15) is 26.3 Å². The Morgan fingerprint density at radius 3 is 1.22 bits per heavy atom. The molecule has 254 valence electrons. The summed E-state index contributed by atoms with van der Waals surface area (Å²) in [6, 6.07) is 28.7. The van der Waals surface area contributed by atoms with Crippen molar-refractivity contribution < 1.29 is 31.1 Å². The first-order valence-electron chi connectivity index (χ1n) is 15.8. The van der Waals surface area contributed by atoms with Gasteiger partial charge in [0, 0.05) is 44.3 Å². The SMILES string of the molecule is COc1ccc(-c2c3ccc([nH]3)c(-c3ccc(C(F)(F)F)cc3)c3nc(c4ccc([nH]4)c(-c4ccc(C(F)(F)F)cc4)c4ccc2[nH]4)C=C3)cc1. The molecule has 0 aliphatic carbocycles. The zero-order valence-electron chi connectivity index (χ0n) is 26.7. The molecule has 0 fully saturated rings. The average Bonchev–Trinajstić information content (AvgIpc) is 3.94. The van der Waals surface area contributed by atoms with Crippen molar-refractivity contribution in [1.29, 1.82) is 0 Å². The number of hydrogen-bond acceptors (Lipinski definition) is 2. The van der Waals surface area contributed by atoms with Crippen LogP contribution in [0.25, 0.3) is 78.6 Å². The second-order valence-electron chi connectivity index (χ2n) is 12.1. The van der Waals surface area contributed by atoms with E-state index in [-0.39, 0.29) is 0 Å². The molecule has 7 aromatic rings. The Labute approximate surface area is 286 Å². The molecule has 8 rings (SSSR count). The molecule has 0 spiro atoms. The maximum Gasteiger partial charge on any atom is 0.416 e. The Morgan fingerprint density at radius 2 is 0.784 bits per heavy atom. The maximum atomic E-state index is 13.5. The second kappa shape index (κ2) is 12.0. The Bertz CT molecular complexity index is 2570. The van der Waals surface area contributed by atoms with Crippen LogP contribution in [0.15, 0.2) is 109 Å². The molecule has 4 aromatic heterocycles. The van der Waals surface area contributed by atoms with Crippen LogP contribution in [0.3, 0.4) is 0 Å². The van der Waals surface area contributed by atoms with Gasteiger partial charge in [-0.2, -0.15) is 26.3 Å². The number of rotatable bonds is 4. The van der Waals surface area contributed by atoms with Crippen molar-refractivity contribution in [1.82, 2.24) is 19.9 Å². The normalized spacial score (nSPS) is 12.5. The molecule has 0 saturated carbocycles. The van der Waals surface area contributed by atoms with E-state index in [1.165, 1.54) is 24.3 Å². The van der Waals surface area contributed by atoms with E-state index >= 15 is 0 Å². The summed E-state index contributed by atoms with van der Waals surface area (Å²) >= 11 is 0. The maximum absolute atomic E-state index is 13.5. The molecule has 1 aliphatic rings. The smallest absolute Gasteiger partial charge is 0.416 e. The number of benzene rings is 3. The van der Waals surface area contributed by atoms with E-state index < -0.39 is 23.5 Å². The molecule has 0 atom stereocenters. The Hall–Kier alpha value is -6.23.